The van der Waals surface area contributed by atoms with Crippen LogP contribution in [0.1, 0.15) is 32.6 Å². The molecular weight excluding hydrogens is 278 g/mol. The number of nitrogens with two attached hydrogens (primary N) is 2. The van der Waals surface area contributed by atoms with Gasteiger partial charge in [-0.1, -0.05) is 6.92 Å². The summed E-state index contributed by atoms with van der Waals surface area (Å²) in [6, 6.07) is -0.867. The zero-order valence-corrected chi connectivity index (χ0v) is 12.0. The fourth-order valence-corrected chi connectivity index (χ4v) is 1.74. The first-order valence-corrected chi connectivity index (χ1v) is 6.67. The third kappa shape index (κ3) is 8.45. The molecular formula is C12H23N5O4. The summed E-state index contributed by atoms with van der Waals surface area (Å²) < 4.78 is 0. The lowest BCUT2D eigenvalue weighted by atomic mass is 10.0. The summed E-state index contributed by atoms with van der Waals surface area (Å²) in [6.45, 7) is 2.07. The summed E-state index contributed by atoms with van der Waals surface area (Å²) >= 11 is 0. The molecule has 0 aliphatic rings. The molecule has 9 heteroatoms. The summed E-state index contributed by atoms with van der Waals surface area (Å²) in [7, 11) is 0. The number of hydrogen-bond donors (Lipinski definition) is 6. The van der Waals surface area contributed by atoms with Crippen LogP contribution in [0.15, 0.2) is 0 Å². The first kappa shape index (κ1) is 18.7. The SMILES string of the molecule is CC[C@@H](CC(=O)O)C(=O)N[C@@H](CCCNC(=N)N)C(N)=O. The lowest BCUT2D eigenvalue weighted by molar-refractivity contribution is -0.141. The van der Waals surface area contributed by atoms with Gasteiger partial charge in [0.2, 0.25) is 11.8 Å². The van der Waals surface area contributed by atoms with E-state index >= 15 is 0 Å². The number of carboxylic acid groups (broad SMARTS) is 1. The molecule has 0 saturated heterocycles. The van der Waals surface area contributed by atoms with Crippen molar-refractivity contribution in [3.8, 4) is 0 Å². The largest absolute Gasteiger partial charge is 0.481 e. The van der Waals surface area contributed by atoms with Crippen molar-refractivity contribution in [3.05, 3.63) is 0 Å². The summed E-state index contributed by atoms with van der Waals surface area (Å²) in [6.07, 6.45) is 0.823. The van der Waals surface area contributed by atoms with Gasteiger partial charge in [-0.3, -0.25) is 19.8 Å². The van der Waals surface area contributed by atoms with Crippen molar-refractivity contribution in [2.24, 2.45) is 17.4 Å². The molecule has 0 aromatic heterocycles. The maximum Gasteiger partial charge on any atom is 0.304 e. The molecule has 0 fully saturated rings. The van der Waals surface area contributed by atoms with E-state index in [1.165, 1.54) is 0 Å². The highest BCUT2D eigenvalue weighted by atomic mass is 16.4. The molecule has 0 aromatic rings. The standard InChI is InChI=1S/C12H23N5O4/c1-2-7(6-9(18)19)11(21)17-8(10(13)20)4-3-5-16-12(14)15/h7-8H,2-6H2,1H3,(H2,13,20)(H,17,21)(H,18,19)(H4,14,15,16)/t7-,8-/m0/s1. The molecule has 0 radical (unpaired) electrons. The quantitative estimate of drug-likeness (QED) is 0.167. The Balaban J connectivity index is 4.41. The van der Waals surface area contributed by atoms with E-state index < -0.39 is 29.7 Å². The zero-order valence-electron chi connectivity index (χ0n) is 12.0. The topological polar surface area (TPSA) is 171 Å². The van der Waals surface area contributed by atoms with Crippen molar-refractivity contribution >= 4 is 23.7 Å². The second-order valence-electron chi connectivity index (χ2n) is 4.65. The van der Waals surface area contributed by atoms with Gasteiger partial charge in [0, 0.05) is 12.5 Å². The van der Waals surface area contributed by atoms with Crippen LogP contribution in [-0.4, -0.2) is 41.4 Å². The van der Waals surface area contributed by atoms with Gasteiger partial charge in [-0.25, -0.2) is 0 Å². The zero-order chi connectivity index (χ0) is 16.4. The van der Waals surface area contributed by atoms with E-state index in [-0.39, 0.29) is 18.8 Å². The fourth-order valence-electron chi connectivity index (χ4n) is 1.74. The molecule has 0 bridgehead atoms. The van der Waals surface area contributed by atoms with Crippen molar-refractivity contribution in [1.29, 1.82) is 5.41 Å². The van der Waals surface area contributed by atoms with Crippen LogP contribution in [0.3, 0.4) is 0 Å². The number of carboxylic acids is 1. The van der Waals surface area contributed by atoms with Gasteiger partial charge in [0.1, 0.15) is 6.04 Å². The number of carbonyl (C=O) groups is 3. The van der Waals surface area contributed by atoms with Gasteiger partial charge < -0.3 is 27.2 Å². The molecule has 0 aromatic carbocycles. The predicted molar refractivity (Wildman–Crippen MR) is 76.3 cm³/mol. The average molecular weight is 301 g/mol. The minimum absolute atomic E-state index is 0.179. The van der Waals surface area contributed by atoms with Crippen molar-refractivity contribution in [2.75, 3.05) is 6.54 Å². The van der Waals surface area contributed by atoms with E-state index in [1.54, 1.807) is 6.92 Å². The molecule has 0 rings (SSSR count). The number of nitrogens with one attached hydrogen (secondary N) is 3. The number of primary amides is 1. The molecule has 9 nitrogen and oxygen atoms in total. The third-order valence-corrected chi connectivity index (χ3v) is 2.93. The molecule has 0 spiro atoms. The lowest BCUT2D eigenvalue weighted by Gasteiger charge is -2.19. The summed E-state index contributed by atoms with van der Waals surface area (Å²) in [4.78, 5) is 33.9. The molecule has 21 heavy (non-hydrogen) atoms. The van der Waals surface area contributed by atoms with Gasteiger partial charge in [0.05, 0.1) is 6.42 Å². The Labute approximate surface area is 122 Å². The van der Waals surface area contributed by atoms with E-state index in [0.29, 0.717) is 19.4 Å². The fraction of sp³-hybridized carbons (Fsp3) is 0.667. The number of amides is 2. The van der Waals surface area contributed by atoms with Gasteiger partial charge in [0.15, 0.2) is 5.96 Å². The van der Waals surface area contributed by atoms with E-state index in [2.05, 4.69) is 10.6 Å². The van der Waals surface area contributed by atoms with Crippen molar-refractivity contribution in [3.63, 3.8) is 0 Å². The maximum atomic E-state index is 11.9. The van der Waals surface area contributed by atoms with E-state index in [0.717, 1.165) is 0 Å². The van der Waals surface area contributed by atoms with Crippen LogP contribution in [-0.2, 0) is 14.4 Å². The van der Waals surface area contributed by atoms with E-state index in [1.807, 2.05) is 0 Å². The summed E-state index contributed by atoms with van der Waals surface area (Å²) in [5.41, 5.74) is 10.3. The van der Waals surface area contributed by atoms with Crippen LogP contribution in [0.4, 0.5) is 0 Å². The molecule has 0 unspecified atom stereocenters. The van der Waals surface area contributed by atoms with Crippen molar-refractivity contribution in [2.45, 2.75) is 38.6 Å². The molecule has 2 amide bonds. The Hall–Kier alpha value is -2.32. The first-order chi connectivity index (χ1) is 9.77. The average Bonchev–Trinajstić information content (AvgIpc) is 2.38. The Bertz CT molecular complexity index is 399. The van der Waals surface area contributed by atoms with Crippen LogP contribution in [0, 0.1) is 11.3 Å². The van der Waals surface area contributed by atoms with Crippen LogP contribution >= 0.6 is 0 Å². The van der Waals surface area contributed by atoms with Gasteiger partial charge in [0.25, 0.3) is 0 Å². The molecule has 0 aliphatic carbocycles. The summed E-state index contributed by atoms with van der Waals surface area (Å²) in [5.74, 6) is -3.13. The second-order valence-corrected chi connectivity index (χ2v) is 4.65. The Kier molecular flexibility index (Phi) is 8.51. The Morgan fingerprint density at radius 2 is 1.90 bits per heavy atom. The number of guanidine groups is 1. The van der Waals surface area contributed by atoms with E-state index in [4.69, 9.17) is 22.0 Å². The minimum atomic E-state index is -1.07. The van der Waals surface area contributed by atoms with Gasteiger partial charge in [-0.05, 0) is 19.3 Å². The van der Waals surface area contributed by atoms with Crippen LogP contribution in [0.25, 0.3) is 0 Å². The molecule has 8 N–H and O–H groups in total. The highest BCUT2D eigenvalue weighted by Gasteiger charge is 2.24. The van der Waals surface area contributed by atoms with Crippen molar-refractivity contribution in [1.82, 2.24) is 10.6 Å². The van der Waals surface area contributed by atoms with Gasteiger partial charge >= 0.3 is 5.97 Å². The monoisotopic (exact) mass is 301 g/mol. The number of carbonyl (C=O) groups excluding carboxylic acids is 2. The third-order valence-electron chi connectivity index (χ3n) is 2.93. The van der Waals surface area contributed by atoms with E-state index in [9.17, 15) is 14.4 Å². The van der Waals surface area contributed by atoms with Gasteiger partial charge in [-0.15, -0.1) is 0 Å². The highest BCUT2D eigenvalue weighted by Crippen LogP contribution is 2.09. The smallest absolute Gasteiger partial charge is 0.304 e. The highest BCUT2D eigenvalue weighted by molar-refractivity contribution is 5.89. The lowest BCUT2D eigenvalue weighted by Crippen LogP contribution is -2.47. The van der Waals surface area contributed by atoms with Crippen molar-refractivity contribution < 1.29 is 19.5 Å². The van der Waals surface area contributed by atoms with Gasteiger partial charge in [-0.2, -0.15) is 0 Å². The second kappa shape index (κ2) is 9.56. The van der Waals surface area contributed by atoms with Crippen LogP contribution in [0.5, 0.6) is 0 Å². The molecule has 0 aliphatic heterocycles. The maximum absolute atomic E-state index is 11.9. The normalized spacial score (nSPS) is 13.0. The van der Waals surface area contributed by atoms with Crippen LogP contribution < -0.4 is 22.1 Å². The predicted octanol–water partition coefficient (Wildman–Crippen LogP) is -1.28. The molecule has 0 heterocycles. The van der Waals surface area contributed by atoms with Crippen LogP contribution in [0.2, 0.25) is 0 Å². The Morgan fingerprint density at radius 1 is 1.29 bits per heavy atom. The number of rotatable bonds is 10. The molecule has 2 atom stereocenters. The Morgan fingerprint density at radius 3 is 2.33 bits per heavy atom. The summed E-state index contributed by atoms with van der Waals surface area (Å²) in [5, 5.41) is 20.7. The first-order valence-electron chi connectivity index (χ1n) is 6.67. The number of aliphatic carboxylic acids is 1. The molecule has 0 saturated carbocycles. The minimum Gasteiger partial charge on any atom is -0.481 e. The number of hydrogen-bond acceptors (Lipinski definition) is 4. The molecule has 120 valence electrons.